The highest BCUT2D eigenvalue weighted by Crippen LogP contribution is 2.67. The first-order valence-electron chi connectivity index (χ1n) is 16.2. The van der Waals surface area contributed by atoms with Crippen LogP contribution in [0.1, 0.15) is 126 Å². The van der Waals surface area contributed by atoms with Gasteiger partial charge in [0.05, 0.1) is 6.10 Å². The molecule has 5 unspecified atom stereocenters. The number of hydrogen-bond acceptors (Lipinski definition) is 6. The van der Waals surface area contributed by atoms with Crippen LogP contribution in [0.2, 0.25) is 0 Å². The lowest BCUT2D eigenvalue weighted by atomic mass is 9.47. The predicted molar refractivity (Wildman–Crippen MR) is 156 cm³/mol. The molecule has 1 N–H and O–H groups in total. The van der Waals surface area contributed by atoms with Crippen LogP contribution in [-0.2, 0) is 24.3 Å². The lowest BCUT2D eigenvalue weighted by molar-refractivity contribution is -0.220. The first-order valence-corrected chi connectivity index (χ1v) is 17.6. The van der Waals surface area contributed by atoms with Gasteiger partial charge in [0.15, 0.2) is 0 Å². The van der Waals surface area contributed by atoms with Crippen molar-refractivity contribution in [2.45, 2.75) is 138 Å². The molecule has 1 heterocycles. The van der Waals surface area contributed by atoms with Crippen molar-refractivity contribution in [3.63, 3.8) is 0 Å². The van der Waals surface area contributed by atoms with Crippen molar-refractivity contribution < 1.29 is 26.8 Å². The Bertz CT molecular complexity index is 1060. The minimum atomic E-state index is -4.67. The largest absolute Gasteiger partial charge is 0.401 e. The zero-order valence-electron chi connectivity index (χ0n) is 26.0. The van der Waals surface area contributed by atoms with Gasteiger partial charge in [-0.1, -0.05) is 79.4 Å². The summed E-state index contributed by atoms with van der Waals surface area (Å²) in [5.74, 6) is 3.41. The highest BCUT2D eigenvalue weighted by molar-refractivity contribution is 7.80. The molecule has 5 aliphatic rings. The third kappa shape index (κ3) is 5.96. The van der Waals surface area contributed by atoms with Crippen molar-refractivity contribution in [1.29, 1.82) is 0 Å². The van der Waals surface area contributed by atoms with Gasteiger partial charge in [-0.25, -0.2) is 4.84 Å². The molecule has 4 fully saturated rings. The number of hydroxylamine groups is 2. The molecule has 5 rings (SSSR count). The summed E-state index contributed by atoms with van der Waals surface area (Å²) in [7, 11) is -4.67. The van der Waals surface area contributed by atoms with Crippen LogP contribution < -0.4 is 0 Å². The average Bonchev–Trinajstić information content (AvgIpc) is 3.32. The van der Waals surface area contributed by atoms with E-state index in [4.69, 9.17) is 13.9 Å². The number of hydrogen-bond donors (Lipinski definition) is 1. The van der Waals surface area contributed by atoms with Crippen molar-refractivity contribution in [2.24, 2.45) is 52.3 Å². The first kappa shape index (κ1) is 30.9. The zero-order chi connectivity index (χ0) is 29.1. The van der Waals surface area contributed by atoms with Gasteiger partial charge >= 0.3 is 16.3 Å². The van der Waals surface area contributed by atoms with Gasteiger partial charge in [0.25, 0.3) is 0 Å². The number of rotatable bonds is 11. The molecule has 0 aromatic rings. The molecule has 0 aromatic carbocycles. The van der Waals surface area contributed by atoms with Crippen LogP contribution in [0.25, 0.3) is 0 Å². The van der Waals surface area contributed by atoms with E-state index in [0.29, 0.717) is 5.41 Å². The fourth-order valence-corrected chi connectivity index (χ4v) is 10.4. The summed E-state index contributed by atoms with van der Waals surface area (Å²) in [4.78, 5) is 11.6. The van der Waals surface area contributed by atoms with Crippen LogP contribution in [0.15, 0.2) is 11.6 Å². The van der Waals surface area contributed by atoms with Gasteiger partial charge in [0.1, 0.15) is 0 Å². The van der Waals surface area contributed by atoms with Gasteiger partial charge in [-0.05, 0) is 104 Å². The molecule has 0 amide bonds. The highest BCUT2D eigenvalue weighted by atomic mass is 32.3. The summed E-state index contributed by atoms with van der Waals surface area (Å²) in [6, 6.07) is 0. The minimum Gasteiger partial charge on any atom is -0.266 e. The second-order valence-corrected chi connectivity index (χ2v) is 16.5. The molecule has 0 radical (unpaired) electrons. The van der Waals surface area contributed by atoms with Crippen molar-refractivity contribution in [3.8, 4) is 0 Å². The molecule has 3 saturated carbocycles. The predicted octanol–water partition coefficient (Wildman–Crippen LogP) is 8.09. The normalized spacial score (nSPS) is 43.7. The van der Waals surface area contributed by atoms with Crippen LogP contribution in [0, 0.1) is 52.3 Å². The summed E-state index contributed by atoms with van der Waals surface area (Å²) in [6.07, 6.45) is 16.4. The summed E-state index contributed by atoms with van der Waals surface area (Å²) >= 11 is 0. The molecule has 7 nitrogen and oxygen atoms in total. The Labute approximate surface area is 243 Å². The standard InChI is InChI=1S/C32H55NO6S/c1-21(2)9-8-10-23(5)27-13-14-28-26-12-11-24-19-25(15-17-30(24,6)29(26)16-18-31(27,28)7)37-33-32(38-33,20-22(3)4)39-40(34,35)36/h11,21-23,25-29H,8-10,12-20H2,1-7H3,(H,34,35,36)/t23-,25?,26?,27-,28?,29?,30+,31-,32+,33?/m1/s1. The lowest BCUT2D eigenvalue weighted by Crippen LogP contribution is -2.51. The SMILES string of the molecule is CC(C)CCC[C@@H](C)[C@H]1CCC2C3CC=C4CC(ON5O[C@@]5(CC(C)C)OS(=O)(=O)O)CC[C@]4(C)C3CC[C@@]21C. The third-order valence-electron chi connectivity index (χ3n) is 11.9. The maximum absolute atomic E-state index is 11.5. The molecule has 4 aliphatic carbocycles. The van der Waals surface area contributed by atoms with E-state index in [1.165, 1.54) is 56.9 Å². The maximum atomic E-state index is 11.5. The van der Waals surface area contributed by atoms with Gasteiger partial charge in [-0.2, -0.15) is 12.6 Å². The Morgan fingerprint density at radius 3 is 2.45 bits per heavy atom. The fraction of sp³-hybridized carbons (Fsp3) is 0.938. The van der Waals surface area contributed by atoms with Crippen molar-refractivity contribution in [3.05, 3.63) is 11.6 Å². The monoisotopic (exact) mass is 581 g/mol. The maximum Gasteiger partial charge on any atom is 0.401 e. The van der Waals surface area contributed by atoms with Gasteiger partial charge in [-0.15, -0.1) is 0 Å². The summed E-state index contributed by atoms with van der Waals surface area (Å²) in [5, 5.41) is 1.16. The summed E-state index contributed by atoms with van der Waals surface area (Å²) in [5.41, 5.74) is 2.21. The Hall–Kier alpha value is -0.510. The van der Waals surface area contributed by atoms with E-state index in [-0.39, 0.29) is 23.9 Å². The van der Waals surface area contributed by atoms with Gasteiger partial charge in [0, 0.05) is 11.6 Å². The van der Waals surface area contributed by atoms with Crippen LogP contribution >= 0.6 is 0 Å². The Balaban J connectivity index is 1.23. The van der Waals surface area contributed by atoms with Crippen LogP contribution in [0.5, 0.6) is 0 Å². The van der Waals surface area contributed by atoms with Crippen molar-refractivity contribution in [2.75, 3.05) is 0 Å². The molecule has 1 saturated heterocycles. The third-order valence-corrected chi connectivity index (χ3v) is 12.3. The Morgan fingerprint density at radius 2 is 1.77 bits per heavy atom. The molecule has 230 valence electrons. The molecular weight excluding hydrogens is 526 g/mol. The molecule has 0 aromatic heterocycles. The van der Waals surface area contributed by atoms with Gasteiger partial charge < -0.3 is 0 Å². The second kappa shape index (κ2) is 11.2. The van der Waals surface area contributed by atoms with E-state index in [9.17, 15) is 13.0 Å². The summed E-state index contributed by atoms with van der Waals surface area (Å²) < 4.78 is 37.1. The lowest BCUT2D eigenvalue weighted by Gasteiger charge is -2.58. The van der Waals surface area contributed by atoms with Crippen molar-refractivity contribution >= 4 is 10.4 Å². The number of nitrogens with zero attached hydrogens (tertiary/aromatic N) is 1. The van der Waals surface area contributed by atoms with E-state index in [2.05, 4.69) is 40.7 Å². The van der Waals surface area contributed by atoms with E-state index >= 15 is 0 Å². The zero-order valence-corrected chi connectivity index (χ0v) is 26.8. The molecule has 10 atom stereocenters. The van der Waals surface area contributed by atoms with Crippen LogP contribution in [-0.4, -0.2) is 30.2 Å². The quantitative estimate of drug-likeness (QED) is 0.150. The fourth-order valence-electron chi connectivity index (χ4n) is 9.96. The van der Waals surface area contributed by atoms with E-state index < -0.39 is 16.3 Å². The molecule has 0 bridgehead atoms. The topological polar surface area (TPSA) is 88.4 Å². The van der Waals surface area contributed by atoms with Gasteiger partial charge in [0.2, 0.25) is 0 Å². The molecule has 40 heavy (non-hydrogen) atoms. The van der Waals surface area contributed by atoms with Gasteiger partial charge in [-0.3, -0.25) is 9.39 Å². The highest BCUT2D eigenvalue weighted by Gasteiger charge is 2.64. The Kier molecular flexibility index (Phi) is 8.66. The Morgan fingerprint density at radius 1 is 1.02 bits per heavy atom. The second-order valence-electron chi connectivity index (χ2n) is 15.4. The minimum absolute atomic E-state index is 0.0914. The molecule has 1 aliphatic heterocycles. The molecule has 8 heteroatoms. The average molecular weight is 582 g/mol. The van der Waals surface area contributed by atoms with Crippen molar-refractivity contribution in [1.82, 2.24) is 5.23 Å². The number of fused-ring (bicyclic) bond motifs is 5. The van der Waals surface area contributed by atoms with E-state index in [0.717, 1.165) is 60.0 Å². The number of allylic oxidation sites excluding steroid dienone is 1. The molecule has 0 spiro atoms. The van der Waals surface area contributed by atoms with Crippen LogP contribution in [0.3, 0.4) is 0 Å². The first-order chi connectivity index (χ1) is 18.7. The van der Waals surface area contributed by atoms with Crippen LogP contribution in [0.4, 0.5) is 0 Å². The molecular formula is C32H55NO6S. The van der Waals surface area contributed by atoms with E-state index in [1.807, 2.05) is 13.8 Å². The van der Waals surface area contributed by atoms with E-state index in [1.54, 1.807) is 0 Å². The smallest absolute Gasteiger partial charge is 0.266 e. The summed E-state index contributed by atoms with van der Waals surface area (Å²) in [6.45, 7) is 16.3.